The van der Waals surface area contributed by atoms with Crippen LogP contribution in [0.1, 0.15) is 23.1 Å². The molecule has 5 nitrogen and oxygen atoms in total. The first-order valence-electron chi connectivity index (χ1n) is 3.35. The van der Waals surface area contributed by atoms with E-state index in [1.54, 1.807) is 13.8 Å². The number of rotatable bonds is 2. The Morgan fingerprint density at radius 2 is 1.92 bits per heavy atom. The molecule has 1 aromatic heterocycles. The quantitative estimate of drug-likeness (QED) is 0.465. The van der Waals surface area contributed by atoms with Crippen molar-refractivity contribution in [2.24, 2.45) is 0 Å². The van der Waals surface area contributed by atoms with Crippen LogP contribution in [0.2, 0.25) is 0 Å². The van der Waals surface area contributed by atoms with Crippen molar-refractivity contribution in [2.75, 3.05) is 0 Å². The molecule has 0 aromatic carbocycles. The standard InChI is InChI=1S/C7H8N4O/c1-4(2)7(12)6-5(3)8-10-11-9-6/h1H2,2-3H3. The molecule has 0 saturated heterocycles. The van der Waals surface area contributed by atoms with Crippen LogP contribution in [0.4, 0.5) is 0 Å². The number of hydrogen-bond donors (Lipinski definition) is 0. The first-order valence-corrected chi connectivity index (χ1v) is 3.35. The summed E-state index contributed by atoms with van der Waals surface area (Å²) in [6.07, 6.45) is 0. The fraction of sp³-hybridized carbons (Fsp3) is 0.286. The molecule has 0 aliphatic rings. The summed E-state index contributed by atoms with van der Waals surface area (Å²) in [7, 11) is 0. The van der Waals surface area contributed by atoms with Crippen molar-refractivity contribution >= 4 is 5.78 Å². The Balaban J connectivity index is 3.11. The highest BCUT2D eigenvalue weighted by Crippen LogP contribution is 2.03. The summed E-state index contributed by atoms with van der Waals surface area (Å²) in [4.78, 5) is 11.3. The van der Waals surface area contributed by atoms with Crippen molar-refractivity contribution in [3.05, 3.63) is 23.5 Å². The smallest absolute Gasteiger partial charge is 0.210 e. The van der Waals surface area contributed by atoms with Gasteiger partial charge in [0.1, 0.15) is 0 Å². The molecule has 0 bridgehead atoms. The SMILES string of the molecule is C=C(C)C(=O)c1nnnnc1C. The van der Waals surface area contributed by atoms with Crippen LogP contribution in [-0.4, -0.2) is 26.4 Å². The summed E-state index contributed by atoms with van der Waals surface area (Å²) in [6, 6.07) is 0. The Morgan fingerprint density at radius 3 is 2.42 bits per heavy atom. The summed E-state index contributed by atoms with van der Waals surface area (Å²) in [5.41, 5.74) is 1.11. The van der Waals surface area contributed by atoms with Gasteiger partial charge in [0, 0.05) is 0 Å². The van der Waals surface area contributed by atoms with E-state index in [1.807, 2.05) is 0 Å². The summed E-state index contributed by atoms with van der Waals surface area (Å²) < 4.78 is 0. The van der Waals surface area contributed by atoms with Gasteiger partial charge in [0.15, 0.2) is 5.69 Å². The fourth-order valence-electron chi connectivity index (χ4n) is 0.683. The van der Waals surface area contributed by atoms with Crippen LogP contribution in [0.25, 0.3) is 0 Å². The van der Waals surface area contributed by atoms with Gasteiger partial charge in [0.25, 0.3) is 0 Å². The molecule has 62 valence electrons. The van der Waals surface area contributed by atoms with Crippen LogP contribution >= 0.6 is 0 Å². The molecule has 0 atom stereocenters. The maximum atomic E-state index is 11.3. The molecular weight excluding hydrogens is 156 g/mol. The van der Waals surface area contributed by atoms with E-state index < -0.39 is 0 Å². The molecule has 0 N–H and O–H groups in total. The number of carbonyl (C=O) groups excluding carboxylic acids is 1. The molecule has 1 heterocycles. The highest BCUT2D eigenvalue weighted by molar-refractivity contribution is 6.06. The van der Waals surface area contributed by atoms with E-state index >= 15 is 0 Å². The summed E-state index contributed by atoms with van der Waals surface area (Å²) in [5.74, 6) is -0.241. The second-order valence-corrected chi connectivity index (χ2v) is 2.42. The average Bonchev–Trinajstić information content (AvgIpc) is 2.04. The predicted molar refractivity (Wildman–Crippen MR) is 41.5 cm³/mol. The van der Waals surface area contributed by atoms with Crippen molar-refractivity contribution in [1.82, 2.24) is 20.6 Å². The topological polar surface area (TPSA) is 68.6 Å². The van der Waals surface area contributed by atoms with E-state index in [2.05, 4.69) is 27.2 Å². The minimum atomic E-state index is -0.241. The second kappa shape index (κ2) is 3.17. The van der Waals surface area contributed by atoms with Crippen molar-refractivity contribution < 1.29 is 4.79 Å². The lowest BCUT2D eigenvalue weighted by Crippen LogP contribution is -2.10. The van der Waals surface area contributed by atoms with E-state index in [-0.39, 0.29) is 11.5 Å². The van der Waals surface area contributed by atoms with Gasteiger partial charge in [-0.2, -0.15) is 0 Å². The van der Waals surface area contributed by atoms with Gasteiger partial charge in [0.05, 0.1) is 5.69 Å². The molecule has 0 unspecified atom stereocenters. The molecular formula is C7H8N4O. The van der Waals surface area contributed by atoms with E-state index in [0.29, 0.717) is 11.3 Å². The number of hydrogen-bond acceptors (Lipinski definition) is 5. The summed E-state index contributed by atoms with van der Waals surface area (Å²) >= 11 is 0. The molecule has 0 spiro atoms. The number of ketones is 1. The summed E-state index contributed by atoms with van der Waals surface area (Å²) in [6.45, 7) is 6.77. The number of Topliss-reactive ketones (excluding diaryl/α,β-unsaturated/α-hetero) is 1. The molecule has 1 aromatic rings. The molecule has 0 radical (unpaired) electrons. The van der Waals surface area contributed by atoms with Gasteiger partial charge in [-0.15, -0.1) is 10.2 Å². The fourth-order valence-corrected chi connectivity index (χ4v) is 0.683. The Kier molecular flexibility index (Phi) is 2.23. The van der Waals surface area contributed by atoms with Gasteiger partial charge in [-0.3, -0.25) is 4.79 Å². The highest BCUT2D eigenvalue weighted by Gasteiger charge is 2.12. The van der Waals surface area contributed by atoms with E-state index in [0.717, 1.165) is 0 Å². The molecule has 1 rings (SSSR count). The Bertz CT molecular complexity index is 334. The van der Waals surface area contributed by atoms with E-state index in [4.69, 9.17) is 0 Å². The third kappa shape index (κ3) is 1.50. The Labute approximate surface area is 69.5 Å². The monoisotopic (exact) mass is 164 g/mol. The van der Waals surface area contributed by atoms with Crippen LogP contribution in [0.15, 0.2) is 12.2 Å². The first-order chi connectivity index (χ1) is 5.63. The molecule has 0 aliphatic carbocycles. The lowest BCUT2D eigenvalue weighted by atomic mass is 10.1. The molecule has 0 saturated carbocycles. The number of allylic oxidation sites excluding steroid dienone is 1. The van der Waals surface area contributed by atoms with E-state index in [9.17, 15) is 4.79 Å². The molecule has 5 heteroatoms. The van der Waals surface area contributed by atoms with Crippen molar-refractivity contribution in [3.8, 4) is 0 Å². The van der Waals surface area contributed by atoms with Crippen molar-refractivity contribution in [3.63, 3.8) is 0 Å². The van der Waals surface area contributed by atoms with Crippen LogP contribution in [-0.2, 0) is 0 Å². The zero-order valence-corrected chi connectivity index (χ0v) is 6.90. The Morgan fingerprint density at radius 1 is 1.33 bits per heavy atom. The van der Waals surface area contributed by atoms with Crippen molar-refractivity contribution in [2.45, 2.75) is 13.8 Å². The third-order valence-corrected chi connectivity index (χ3v) is 1.32. The van der Waals surface area contributed by atoms with E-state index in [1.165, 1.54) is 0 Å². The molecule has 0 amide bonds. The maximum absolute atomic E-state index is 11.3. The van der Waals surface area contributed by atoms with Crippen LogP contribution < -0.4 is 0 Å². The zero-order chi connectivity index (χ0) is 9.14. The van der Waals surface area contributed by atoms with Gasteiger partial charge >= 0.3 is 0 Å². The van der Waals surface area contributed by atoms with Crippen molar-refractivity contribution in [1.29, 1.82) is 0 Å². The molecule has 0 aliphatic heterocycles. The van der Waals surface area contributed by atoms with Crippen LogP contribution in [0, 0.1) is 6.92 Å². The largest absolute Gasteiger partial charge is 0.287 e. The van der Waals surface area contributed by atoms with Gasteiger partial charge in [0.2, 0.25) is 5.78 Å². The first kappa shape index (κ1) is 8.45. The normalized spacial score (nSPS) is 9.50. The number of carbonyl (C=O) groups is 1. The summed E-state index contributed by atoms with van der Waals surface area (Å²) in [5, 5.41) is 13.7. The lowest BCUT2D eigenvalue weighted by molar-refractivity contribution is 0.102. The maximum Gasteiger partial charge on any atom is 0.210 e. The predicted octanol–water partition coefficient (Wildman–Crippen LogP) is 0.334. The van der Waals surface area contributed by atoms with Gasteiger partial charge in [-0.05, 0) is 29.8 Å². The second-order valence-electron chi connectivity index (χ2n) is 2.42. The van der Waals surface area contributed by atoms with Gasteiger partial charge in [-0.1, -0.05) is 6.58 Å². The average molecular weight is 164 g/mol. The number of aryl methyl sites for hydroxylation is 1. The highest BCUT2D eigenvalue weighted by atomic mass is 16.1. The van der Waals surface area contributed by atoms with Gasteiger partial charge < -0.3 is 0 Å². The minimum absolute atomic E-state index is 0.220. The van der Waals surface area contributed by atoms with Gasteiger partial charge in [-0.25, -0.2) is 0 Å². The lowest BCUT2D eigenvalue weighted by Gasteiger charge is -1.97. The zero-order valence-electron chi connectivity index (χ0n) is 6.90. The third-order valence-electron chi connectivity index (χ3n) is 1.32. The molecule has 12 heavy (non-hydrogen) atoms. The van der Waals surface area contributed by atoms with Crippen LogP contribution in [0.3, 0.4) is 0 Å². The van der Waals surface area contributed by atoms with Crippen LogP contribution in [0.5, 0.6) is 0 Å². The number of aromatic nitrogens is 4. The minimum Gasteiger partial charge on any atom is -0.287 e. The number of nitrogens with zero attached hydrogens (tertiary/aromatic N) is 4. The molecule has 0 fully saturated rings. The Hall–Kier alpha value is -1.65.